The maximum Gasteiger partial charge on any atom is 0.189 e. The Labute approximate surface area is 93.6 Å². The molecule has 1 heterocycles. The van der Waals surface area contributed by atoms with E-state index in [2.05, 4.69) is 9.98 Å². The number of carbonyl (C=O) groups excluding carboxylic acids is 1. The second-order valence-corrected chi connectivity index (χ2v) is 3.17. The van der Waals surface area contributed by atoms with Crippen molar-refractivity contribution in [3.63, 3.8) is 0 Å². The Bertz CT molecular complexity index is 478. The molecule has 0 aliphatic carbocycles. The summed E-state index contributed by atoms with van der Waals surface area (Å²) in [6.45, 7) is 0. The van der Waals surface area contributed by atoms with Gasteiger partial charge >= 0.3 is 0 Å². The van der Waals surface area contributed by atoms with Gasteiger partial charge in [-0.3, -0.25) is 4.79 Å². The first-order valence-corrected chi connectivity index (χ1v) is 4.91. The molecule has 0 N–H and O–H groups in total. The number of rotatable bonds is 2. The van der Waals surface area contributed by atoms with E-state index in [1.165, 1.54) is 6.08 Å². The number of carbonyl (C=O) groups is 1. The number of aliphatic imine (C=N–C) groups is 2. The average molecular weight is 210 g/mol. The molecule has 1 aromatic rings. The fourth-order valence-electron chi connectivity index (χ4n) is 1.25. The Balaban J connectivity index is 2.22. The minimum atomic E-state index is -0.0909. The highest BCUT2D eigenvalue weighted by molar-refractivity contribution is 6.05. The predicted octanol–water partition coefficient (Wildman–Crippen LogP) is 2.42. The van der Waals surface area contributed by atoms with Gasteiger partial charge in [0.05, 0.1) is 0 Å². The highest BCUT2D eigenvalue weighted by Crippen LogP contribution is 2.06. The van der Waals surface area contributed by atoms with Gasteiger partial charge in [0.15, 0.2) is 11.6 Å². The molecule has 0 amide bonds. The zero-order chi connectivity index (χ0) is 11.2. The van der Waals surface area contributed by atoms with Crippen LogP contribution in [0.5, 0.6) is 0 Å². The molecule has 3 nitrogen and oxygen atoms in total. The maximum atomic E-state index is 11.8. The third-order valence-electron chi connectivity index (χ3n) is 2.02. The smallest absolute Gasteiger partial charge is 0.189 e. The molecular weight excluding hydrogens is 200 g/mol. The van der Waals surface area contributed by atoms with E-state index in [1.807, 2.05) is 18.2 Å². The van der Waals surface area contributed by atoms with E-state index in [1.54, 1.807) is 36.7 Å². The van der Waals surface area contributed by atoms with Crippen LogP contribution in [-0.2, 0) is 0 Å². The van der Waals surface area contributed by atoms with Crippen LogP contribution in [0.3, 0.4) is 0 Å². The van der Waals surface area contributed by atoms with Crippen molar-refractivity contribution in [1.82, 2.24) is 0 Å². The van der Waals surface area contributed by atoms with Crippen LogP contribution < -0.4 is 0 Å². The number of benzene rings is 1. The van der Waals surface area contributed by atoms with Gasteiger partial charge in [0.2, 0.25) is 0 Å². The van der Waals surface area contributed by atoms with Crippen molar-refractivity contribution in [3.8, 4) is 0 Å². The van der Waals surface area contributed by atoms with Gasteiger partial charge < -0.3 is 0 Å². The lowest BCUT2D eigenvalue weighted by atomic mass is 10.1. The van der Waals surface area contributed by atoms with Crippen molar-refractivity contribution in [1.29, 1.82) is 0 Å². The van der Waals surface area contributed by atoms with Crippen LogP contribution in [-0.4, -0.2) is 18.2 Å². The average Bonchev–Trinajstić information content (AvgIpc) is 2.59. The van der Waals surface area contributed by atoms with Gasteiger partial charge in [-0.05, 0) is 12.2 Å². The van der Waals surface area contributed by atoms with E-state index in [0.717, 1.165) is 0 Å². The lowest BCUT2D eigenvalue weighted by Gasteiger charge is -1.95. The molecule has 1 aromatic carbocycles. The summed E-state index contributed by atoms with van der Waals surface area (Å²) >= 11 is 0. The molecule has 1 aliphatic heterocycles. The van der Waals surface area contributed by atoms with Gasteiger partial charge in [-0.1, -0.05) is 30.3 Å². The fraction of sp³-hybridized carbons (Fsp3) is 0. The van der Waals surface area contributed by atoms with Crippen LogP contribution in [0.1, 0.15) is 10.4 Å². The van der Waals surface area contributed by atoms with Crippen LogP contribution >= 0.6 is 0 Å². The van der Waals surface area contributed by atoms with Crippen LogP contribution in [0.4, 0.5) is 0 Å². The summed E-state index contributed by atoms with van der Waals surface area (Å²) in [7, 11) is 0. The summed E-state index contributed by atoms with van der Waals surface area (Å²) < 4.78 is 0. The molecule has 0 bridgehead atoms. The number of hydrogen-bond acceptors (Lipinski definition) is 3. The Kier molecular flexibility index (Phi) is 3.18. The third kappa shape index (κ3) is 2.60. The number of hydrogen-bond donors (Lipinski definition) is 0. The second kappa shape index (κ2) is 4.98. The molecule has 0 spiro atoms. The monoisotopic (exact) mass is 210 g/mol. The van der Waals surface area contributed by atoms with Crippen molar-refractivity contribution in [2.24, 2.45) is 9.98 Å². The normalized spacial score (nSPS) is 13.6. The standard InChI is InChI=1S/C13H10N2O/c16-12(11-6-2-1-3-7-11)10-13-14-8-4-5-9-15-13/h1-10H. The first-order valence-electron chi connectivity index (χ1n) is 4.91. The number of allylic oxidation sites excluding steroid dienone is 3. The van der Waals surface area contributed by atoms with Gasteiger partial charge in [0.25, 0.3) is 0 Å². The summed E-state index contributed by atoms with van der Waals surface area (Å²) in [6, 6.07) is 9.05. The van der Waals surface area contributed by atoms with Crippen molar-refractivity contribution >= 4 is 18.2 Å². The predicted molar refractivity (Wildman–Crippen MR) is 65.0 cm³/mol. The lowest BCUT2D eigenvalue weighted by Crippen LogP contribution is -1.94. The number of nitrogens with zero attached hydrogens (tertiary/aromatic N) is 2. The highest BCUT2D eigenvalue weighted by Gasteiger charge is 2.02. The second-order valence-electron chi connectivity index (χ2n) is 3.17. The molecule has 3 heteroatoms. The van der Waals surface area contributed by atoms with Gasteiger partial charge in [-0.15, -0.1) is 0 Å². The molecular formula is C13H10N2O. The van der Waals surface area contributed by atoms with E-state index in [0.29, 0.717) is 11.4 Å². The molecule has 0 saturated carbocycles. The highest BCUT2D eigenvalue weighted by atomic mass is 16.1. The van der Waals surface area contributed by atoms with Crippen molar-refractivity contribution in [2.45, 2.75) is 0 Å². The molecule has 2 rings (SSSR count). The quantitative estimate of drug-likeness (QED) is 0.546. The van der Waals surface area contributed by atoms with E-state index in [-0.39, 0.29) is 5.78 Å². The van der Waals surface area contributed by atoms with Crippen LogP contribution in [0.15, 0.2) is 64.4 Å². The SMILES string of the molecule is O=C(C=C1N=CC=CC=N1)c1ccccc1. The molecule has 78 valence electrons. The van der Waals surface area contributed by atoms with Gasteiger partial charge in [-0.25, -0.2) is 9.98 Å². The maximum absolute atomic E-state index is 11.8. The number of ketones is 1. The van der Waals surface area contributed by atoms with Gasteiger partial charge in [0, 0.05) is 24.1 Å². The molecule has 0 aromatic heterocycles. The minimum absolute atomic E-state index is 0.0909. The topological polar surface area (TPSA) is 41.8 Å². The zero-order valence-electron chi connectivity index (χ0n) is 8.58. The summed E-state index contributed by atoms with van der Waals surface area (Å²) in [5.74, 6) is 0.325. The largest absolute Gasteiger partial charge is 0.289 e. The molecule has 0 fully saturated rings. The van der Waals surface area contributed by atoms with E-state index in [4.69, 9.17) is 0 Å². The minimum Gasteiger partial charge on any atom is -0.289 e. The van der Waals surface area contributed by atoms with E-state index < -0.39 is 0 Å². The first kappa shape index (κ1) is 10.2. The molecule has 0 radical (unpaired) electrons. The van der Waals surface area contributed by atoms with Crippen LogP contribution in [0.25, 0.3) is 0 Å². The Hall–Kier alpha value is -2.29. The van der Waals surface area contributed by atoms with Crippen LogP contribution in [0.2, 0.25) is 0 Å². The lowest BCUT2D eigenvalue weighted by molar-refractivity contribution is 0.104. The Morgan fingerprint density at radius 2 is 1.62 bits per heavy atom. The molecule has 0 saturated heterocycles. The molecule has 16 heavy (non-hydrogen) atoms. The summed E-state index contributed by atoms with van der Waals surface area (Å²) in [5, 5.41) is 0. The summed E-state index contributed by atoms with van der Waals surface area (Å²) in [5.41, 5.74) is 0.637. The van der Waals surface area contributed by atoms with E-state index >= 15 is 0 Å². The molecule has 1 aliphatic rings. The molecule has 0 unspecified atom stereocenters. The Morgan fingerprint density at radius 1 is 1.00 bits per heavy atom. The zero-order valence-corrected chi connectivity index (χ0v) is 8.58. The van der Waals surface area contributed by atoms with Gasteiger partial charge in [-0.2, -0.15) is 0 Å². The van der Waals surface area contributed by atoms with Crippen LogP contribution in [0, 0.1) is 0 Å². The van der Waals surface area contributed by atoms with Crippen molar-refractivity contribution < 1.29 is 4.79 Å². The van der Waals surface area contributed by atoms with E-state index in [9.17, 15) is 4.79 Å². The third-order valence-corrected chi connectivity index (χ3v) is 2.02. The molecule has 0 atom stereocenters. The van der Waals surface area contributed by atoms with Crippen molar-refractivity contribution in [3.05, 3.63) is 59.9 Å². The fourth-order valence-corrected chi connectivity index (χ4v) is 1.25. The summed E-state index contributed by atoms with van der Waals surface area (Å²) in [4.78, 5) is 19.8. The Morgan fingerprint density at radius 3 is 2.25 bits per heavy atom. The van der Waals surface area contributed by atoms with Crippen molar-refractivity contribution in [2.75, 3.05) is 0 Å². The first-order chi connectivity index (χ1) is 7.86. The van der Waals surface area contributed by atoms with Gasteiger partial charge in [0.1, 0.15) is 0 Å². The summed E-state index contributed by atoms with van der Waals surface area (Å²) in [6.07, 6.45) is 8.16.